The zero-order chi connectivity index (χ0) is 28.9. The van der Waals surface area contributed by atoms with Crippen molar-refractivity contribution in [2.45, 2.75) is 32.8 Å². The molecule has 4 rings (SSSR count). The van der Waals surface area contributed by atoms with Crippen LogP contribution >= 0.6 is 23.2 Å². The third kappa shape index (κ3) is 7.80. The number of aromatic nitrogens is 3. The molecule has 3 heterocycles. The molecule has 0 spiro atoms. The molecule has 3 aromatic rings. The van der Waals surface area contributed by atoms with E-state index < -0.39 is 17.4 Å². The van der Waals surface area contributed by atoms with Gasteiger partial charge in [0, 0.05) is 37.4 Å². The fraction of sp³-hybridized carbons (Fsp3) is 0.333. The number of amides is 3. The molecule has 0 radical (unpaired) electrons. The van der Waals surface area contributed by atoms with Gasteiger partial charge in [0.15, 0.2) is 0 Å². The quantitative estimate of drug-likeness (QED) is 0.421. The maximum absolute atomic E-state index is 13.0. The summed E-state index contributed by atoms with van der Waals surface area (Å²) in [5, 5.41) is 6.10. The van der Waals surface area contributed by atoms with E-state index in [0.717, 1.165) is 6.42 Å². The molecule has 11 nitrogen and oxygen atoms in total. The normalized spacial score (nSPS) is 13.8. The molecule has 0 atom stereocenters. The van der Waals surface area contributed by atoms with Gasteiger partial charge in [0.05, 0.1) is 28.7 Å². The summed E-state index contributed by atoms with van der Waals surface area (Å²) in [5.41, 5.74) is -0.118. The van der Waals surface area contributed by atoms with Crippen LogP contribution in [0.25, 0.3) is 0 Å². The number of hydrogen-bond acceptors (Lipinski definition) is 8. The highest BCUT2D eigenvalue weighted by molar-refractivity contribution is 6.31. The van der Waals surface area contributed by atoms with Crippen molar-refractivity contribution < 1.29 is 19.1 Å². The minimum atomic E-state index is -0.560. The molecule has 0 bridgehead atoms. The smallest absolute Gasteiger partial charge is 0.410 e. The SMILES string of the molecule is CC(C)(C)OC(=O)N1CCCN(c2cnc(C(=O)Nc3ccc(Cl)cc3C(=O)Nc3ccc(Cl)cn3)cn2)CC1. The summed E-state index contributed by atoms with van der Waals surface area (Å²) in [7, 11) is 0. The Hall–Kier alpha value is -3.96. The van der Waals surface area contributed by atoms with E-state index >= 15 is 0 Å². The molecule has 0 unspecified atom stereocenters. The lowest BCUT2D eigenvalue weighted by Gasteiger charge is -2.26. The van der Waals surface area contributed by atoms with Crippen LogP contribution in [0.2, 0.25) is 10.0 Å². The number of ether oxygens (including phenoxy) is 1. The van der Waals surface area contributed by atoms with Crippen LogP contribution in [0.15, 0.2) is 48.9 Å². The van der Waals surface area contributed by atoms with Crippen molar-refractivity contribution >= 4 is 58.4 Å². The fourth-order valence-electron chi connectivity index (χ4n) is 3.89. The Morgan fingerprint density at radius 1 is 0.850 bits per heavy atom. The Bertz CT molecular complexity index is 1380. The van der Waals surface area contributed by atoms with E-state index in [1.165, 1.54) is 30.7 Å². The van der Waals surface area contributed by atoms with Crippen LogP contribution in [-0.2, 0) is 4.74 Å². The number of pyridine rings is 1. The summed E-state index contributed by atoms with van der Waals surface area (Å²) in [6, 6.07) is 7.68. The van der Waals surface area contributed by atoms with Gasteiger partial charge in [-0.25, -0.2) is 19.7 Å². The molecule has 1 aliphatic rings. The first-order chi connectivity index (χ1) is 19.0. The van der Waals surface area contributed by atoms with Crippen LogP contribution in [0.4, 0.5) is 22.1 Å². The van der Waals surface area contributed by atoms with Gasteiger partial charge in [-0.15, -0.1) is 0 Å². The minimum absolute atomic E-state index is 0.0645. The maximum Gasteiger partial charge on any atom is 0.410 e. The van der Waals surface area contributed by atoms with Crippen molar-refractivity contribution in [3.63, 3.8) is 0 Å². The molecule has 210 valence electrons. The molecule has 2 N–H and O–H groups in total. The Morgan fingerprint density at radius 3 is 2.30 bits per heavy atom. The summed E-state index contributed by atoms with van der Waals surface area (Å²) in [4.78, 5) is 54.8. The lowest BCUT2D eigenvalue weighted by atomic mass is 10.1. The van der Waals surface area contributed by atoms with E-state index in [9.17, 15) is 14.4 Å². The molecular formula is C27H29Cl2N7O4. The second-order valence-electron chi connectivity index (χ2n) is 10.0. The van der Waals surface area contributed by atoms with Gasteiger partial charge in [-0.1, -0.05) is 23.2 Å². The molecule has 2 aromatic heterocycles. The molecular weight excluding hydrogens is 557 g/mol. The van der Waals surface area contributed by atoms with Crippen molar-refractivity contribution in [2.75, 3.05) is 41.7 Å². The van der Waals surface area contributed by atoms with Crippen molar-refractivity contribution in [3.05, 3.63) is 70.2 Å². The summed E-state index contributed by atoms with van der Waals surface area (Å²) >= 11 is 12.0. The number of hydrogen-bond donors (Lipinski definition) is 2. The van der Waals surface area contributed by atoms with Crippen molar-refractivity contribution in [3.8, 4) is 0 Å². The number of halogens is 2. The molecule has 1 fully saturated rings. The average molecular weight is 586 g/mol. The predicted octanol–water partition coefficient (Wildman–Crippen LogP) is 5.13. The van der Waals surface area contributed by atoms with Crippen LogP contribution in [0.5, 0.6) is 0 Å². The highest BCUT2D eigenvalue weighted by Gasteiger charge is 2.25. The number of benzene rings is 1. The number of carbonyl (C=O) groups is 3. The second kappa shape index (κ2) is 12.5. The van der Waals surface area contributed by atoms with Crippen LogP contribution in [0, 0.1) is 0 Å². The molecule has 1 aliphatic heterocycles. The minimum Gasteiger partial charge on any atom is -0.444 e. The Kier molecular flexibility index (Phi) is 9.06. The van der Waals surface area contributed by atoms with Gasteiger partial charge in [-0.3, -0.25) is 9.59 Å². The Balaban J connectivity index is 1.41. The molecule has 13 heteroatoms. The summed E-state index contributed by atoms with van der Waals surface area (Å²) in [6.07, 6.45) is 4.68. The number of nitrogens with one attached hydrogen (secondary N) is 2. The highest BCUT2D eigenvalue weighted by atomic mass is 35.5. The Labute approximate surface area is 241 Å². The first kappa shape index (κ1) is 29.0. The van der Waals surface area contributed by atoms with Gasteiger partial charge in [0.2, 0.25) is 0 Å². The first-order valence-corrected chi connectivity index (χ1v) is 13.3. The Morgan fingerprint density at radius 2 is 1.62 bits per heavy atom. The van der Waals surface area contributed by atoms with Gasteiger partial charge in [-0.05, 0) is 57.5 Å². The standard InChI is InChI=1S/C27H29Cl2N7O4/c1-27(2,3)40-26(39)36-10-4-9-35(11-12-36)23-16-30-21(15-32-23)25(38)33-20-7-5-17(28)13-19(20)24(37)34-22-8-6-18(29)14-31-22/h5-8,13-16H,4,9-12H2,1-3H3,(H,33,38)(H,31,34,37). The molecule has 40 heavy (non-hydrogen) atoms. The monoisotopic (exact) mass is 585 g/mol. The van der Waals surface area contributed by atoms with Crippen molar-refractivity contribution in [1.29, 1.82) is 0 Å². The van der Waals surface area contributed by atoms with E-state index in [0.29, 0.717) is 42.0 Å². The number of carbonyl (C=O) groups excluding carboxylic acids is 3. The molecule has 0 saturated carbocycles. The predicted molar refractivity (Wildman–Crippen MR) is 153 cm³/mol. The summed E-state index contributed by atoms with van der Waals surface area (Å²) in [5.74, 6) is -0.192. The van der Waals surface area contributed by atoms with E-state index in [-0.39, 0.29) is 28.9 Å². The van der Waals surface area contributed by atoms with E-state index in [4.69, 9.17) is 27.9 Å². The summed E-state index contributed by atoms with van der Waals surface area (Å²) < 4.78 is 5.48. The molecule has 0 aliphatic carbocycles. The van der Waals surface area contributed by atoms with Gasteiger partial charge >= 0.3 is 6.09 Å². The topological polar surface area (TPSA) is 130 Å². The molecule has 1 saturated heterocycles. The van der Waals surface area contributed by atoms with E-state index in [2.05, 4.69) is 25.6 Å². The molecule has 3 amide bonds. The maximum atomic E-state index is 13.0. The van der Waals surface area contributed by atoms with E-state index in [1.807, 2.05) is 25.7 Å². The summed E-state index contributed by atoms with van der Waals surface area (Å²) in [6.45, 7) is 7.78. The second-order valence-corrected chi connectivity index (χ2v) is 10.9. The lowest BCUT2D eigenvalue weighted by Crippen LogP contribution is -2.39. The zero-order valence-electron chi connectivity index (χ0n) is 22.3. The molecule has 1 aromatic carbocycles. The van der Waals surface area contributed by atoms with Crippen molar-refractivity contribution in [2.24, 2.45) is 0 Å². The van der Waals surface area contributed by atoms with Crippen LogP contribution in [-0.4, -0.2) is 69.5 Å². The number of anilines is 3. The van der Waals surface area contributed by atoms with Gasteiger partial charge in [0.1, 0.15) is 22.9 Å². The first-order valence-electron chi connectivity index (χ1n) is 12.6. The van der Waals surface area contributed by atoms with Crippen LogP contribution < -0.4 is 15.5 Å². The average Bonchev–Trinajstić information content (AvgIpc) is 3.17. The fourth-order valence-corrected chi connectivity index (χ4v) is 4.17. The number of nitrogens with zero attached hydrogens (tertiary/aromatic N) is 5. The van der Waals surface area contributed by atoms with Gasteiger partial charge in [0.25, 0.3) is 11.8 Å². The zero-order valence-corrected chi connectivity index (χ0v) is 23.8. The third-order valence-corrected chi connectivity index (χ3v) is 6.24. The largest absolute Gasteiger partial charge is 0.444 e. The highest BCUT2D eigenvalue weighted by Crippen LogP contribution is 2.23. The number of rotatable bonds is 5. The lowest BCUT2D eigenvalue weighted by molar-refractivity contribution is 0.0263. The van der Waals surface area contributed by atoms with Crippen LogP contribution in [0.3, 0.4) is 0 Å². The van der Waals surface area contributed by atoms with Gasteiger partial charge < -0.3 is 25.2 Å². The van der Waals surface area contributed by atoms with Gasteiger partial charge in [-0.2, -0.15) is 0 Å². The van der Waals surface area contributed by atoms with E-state index in [1.54, 1.807) is 23.1 Å². The van der Waals surface area contributed by atoms with Crippen molar-refractivity contribution in [1.82, 2.24) is 19.9 Å². The van der Waals surface area contributed by atoms with Crippen LogP contribution in [0.1, 0.15) is 48.0 Å². The third-order valence-electron chi connectivity index (χ3n) is 5.79.